The van der Waals surface area contributed by atoms with Gasteiger partial charge in [0.15, 0.2) is 0 Å². The van der Waals surface area contributed by atoms with Crippen LogP contribution in [0, 0.1) is 0 Å². The standard InChI is InChI=1S/C22H25F3N4O5/c1-21(2,3)34-20(33)28(9-8-17(30)31)12-16-14-7-5-4-6-13(14)11-29(16)15-10-26-27-19(32)18(15)22(23,24)25/h4-7,10,16H,8-9,11-12H2,1-3H3,(H,27,32)(H,30,31). The highest BCUT2D eigenvalue weighted by molar-refractivity contribution is 5.71. The van der Waals surface area contributed by atoms with E-state index in [0.717, 1.165) is 11.1 Å². The van der Waals surface area contributed by atoms with Crippen molar-refractivity contribution in [2.24, 2.45) is 0 Å². The van der Waals surface area contributed by atoms with Crippen LogP contribution < -0.4 is 10.5 Å². The Morgan fingerprint density at radius 1 is 1.26 bits per heavy atom. The van der Waals surface area contributed by atoms with Crippen molar-refractivity contribution in [3.63, 3.8) is 0 Å². The predicted molar refractivity (Wildman–Crippen MR) is 115 cm³/mol. The fourth-order valence-corrected chi connectivity index (χ4v) is 3.82. The van der Waals surface area contributed by atoms with Crippen LogP contribution in [0.5, 0.6) is 0 Å². The smallest absolute Gasteiger partial charge is 0.423 e. The molecule has 1 aromatic heterocycles. The Hall–Kier alpha value is -3.57. The molecule has 0 radical (unpaired) electrons. The Kier molecular flexibility index (Phi) is 6.89. The Bertz CT molecular complexity index is 1130. The van der Waals surface area contributed by atoms with Gasteiger partial charge < -0.3 is 19.6 Å². The largest absolute Gasteiger partial charge is 0.481 e. The van der Waals surface area contributed by atoms with Crippen LogP contribution in [-0.4, -0.2) is 51.0 Å². The van der Waals surface area contributed by atoms with Gasteiger partial charge in [0.05, 0.1) is 24.3 Å². The number of carbonyl (C=O) groups is 2. The van der Waals surface area contributed by atoms with E-state index in [2.05, 4.69) is 5.10 Å². The molecular formula is C22H25F3N4O5. The number of fused-ring (bicyclic) bond motifs is 1. The first-order valence-electron chi connectivity index (χ1n) is 10.5. The van der Waals surface area contributed by atoms with E-state index in [1.165, 1.54) is 4.90 Å². The number of aromatic nitrogens is 2. The van der Waals surface area contributed by atoms with E-state index in [-0.39, 0.29) is 26.1 Å². The highest BCUT2D eigenvalue weighted by Crippen LogP contribution is 2.42. The van der Waals surface area contributed by atoms with Crippen LogP contribution in [0.25, 0.3) is 0 Å². The Morgan fingerprint density at radius 3 is 2.56 bits per heavy atom. The molecule has 3 rings (SSSR count). The van der Waals surface area contributed by atoms with E-state index >= 15 is 0 Å². The maximum absolute atomic E-state index is 13.8. The first kappa shape index (κ1) is 25.1. The van der Waals surface area contributed by atoms with Gasteiger partial charge in [0.1, 0.15) is 11.2 Å². The quantitative estimate of drug-likeness (QED) is 0.647. The van der Waals surface area contributed by atoms with Crippen LogP contribution in [0.3, 0.4) is 0 Å². The number of hydrogen-bond acceptors (Lipinski definition) is 6. The molecule has 34 heavy (non-hydrogen) atoms. The fourth-order valence-electron chi connectivity index (χ4n) is 3.82. The number of carbonyl (C=O) groups excluding carboxylic acids is 1. The molecule has 0 bridgehead atoms. The van der Waals surface area contributed by atoms with Crippen molar-refractivity contribution in [1.29, 1.82) is 0 Å². The summed E-state index contributed by atoms with van der Waals surface area (Å²) in [5, 5.41) is 14.5. The molecule has 9 nitrogen and oxygen atoms in total. The number of aromatic amines is 1. The third-order valence-electron chi connectivity index (χ3n) is 5.20. The summed E-state index contributed by atoms with van der Waals surface area (Å²) in [6.45, 7) is 4.61. The zero-order chi connectivity index (χ0) is 25.3. The second kappa shape index (κ2) is 9.35. The van der Waals surface area contributed by atoms with Gasteiger partial charge in [-0.15, -0.1) is 0 Å². The third-order valence-corrected chi connectivity index (χ3v) is 5.20. The number of aliphatic carboxylic acids is 1. The monoisotopic (exact) mass is 482 g/mol. The normalized spacial score (nSPS) is 15.7. The topological polar surface area (TPSA) is 116 Å². The molecule has 2 heterocycles. The molecule has 1 aliphatic rings. The van der Waals surface area contributed by atoms with Crippen molar-refractivity contribution in [2.45, 2.75) is 51.6 Å². The number of carboxylic acid groups (broad SMARTS) is 1. The molecule has 1 aromatic carbocycles. The van der Waals surface area contributed by atoms with Crippen LogP contribution in [0.15, 0.2) is 35.3 Å². The van der Waals surface area contributed by atoms with E-state index in [1.54, 1.807) is 45.0 Å². The number of amides is 1. The number of anilines is 1. The van der Waals surface area contributed by atoms with Crippen molar-refractivity contribution in [1.82, 2.24) is 15.1 Å². The number of nitrogens with one attached hydrogen (secondary N) is 1. The maximum atomic E-state index is 13.8. The lowest BCUT2D eigenvalue weighted by atomic mass is 10.0. The summed E-state index contributed by atoms with van der Waals surface area (Å²) < 4.78 is 46.7. The summed E-state index contributed by atoms with van der Waals surface area (Å²) in [7, 11) is 0. The lowest BCUT2D eigenvalue weighted by Gasteiger charge is -2.34. The first-order valence-corrected chi connectivity index (χ1v) is 10.5. The third kappa shape index (κ3) is 5.67. The molecule has 0 saturated heterocycles. The molecule has 0 spiro atoms. The van der Waals surface area contributed by atoms with E-state index in [4.69, 9.17) is 9.84 Å². The van der Waals surface area contributed by atoms with E-state index in [0.29, 0.717) is 11.1 Å². The maximum Gasteiger partial charge on any atom is 0.423 e. The first-order chi connectivity index (χ1) is 15.8. The molecule has 184 valence electrons. The molecule has 12 heteroatoms. The number of alkyl halides is 3. The number of ether oxygens (including phenoxy) is 1. The van der Waals surface area contributed by atoms with Gasteiger partial charge in [-0.05, 0) is 31.9 Å². The van der Waals surface area contributed by atoms with Crippen LogP contribution >= 0.6 is 0 Å². The number of benzene rings is 1. The van der Waals surface area contributed by atoms with Gasteiger partial charge in [-0.2, -0.15) is 18.3 Å². The minimum absolute atomic E-state index is 0.0378. The molecule has 1 amide bonds. The Morgan fingerprint density at radius 2 is 1.94 bits per heavy atom. The highest BCUT2D eigenvalue weighted by atomic mass is 19.4. The Labute approximate surface area is 193 Å². The fraction of sp³-hybridized carbons (Fsp3) is 0.455. The number of nitrogens with zero attached hydrogens (tertiary/aromatic N) is 3. The van der Waals surface area contributed by atoms with Crippen LogP contribution in [0.1, 0.15) is 49.9 Å². The van der Waals surface area contributed by atoms with Crippen LogP contribution in [0.2, 0.25) is 0 Å². The molecule has 1 atom stereocenters. The minimum Gasteiger partial charge on any atom is -0.481 e. The van der Waals surface area contributed by atoms with Gasteiger partial charge in [0, 0.05) is 19.6 Å². The molecule has 1 unspecified atom stereocenters. The molecule has 1 aliphatic heterocycles. The van der Waals surface area contributed by atoms with Gasteiger partial charge in [-0.3, -0.25) is 9.59 Å². The van der Waals surface area contributed by atoms with Crippen LogP contribution in [0.4, 0.5) is 23.7 Å². The molecule has 0 saturated carbocycles. The lowest BCUT2D eigenvalue weighted by Crippen LogP contribution is -2.43. The summed E-state index contributed by atoms with van der Waals surface area (Å²) in [5.74, 6) is -1.14. The minimum atomic E-state index is -4.95. The number of rotatable bonds is 6. The number of H-pyrrole nitrogens is 1. The lowest BCUT2D eigenvalue weighted by molar-refractivity contribution is -0.139. The van der Waals surface area contributed by atoms with Crippen molar-refractivity contribution >= 4 is 17.7 Å². The zero-order valence-corrected chi connectivity index (χ0v) is 18.8. The molecule has 0 aliphatic carbocycles. The second-order valence-electron chi connectivity index (χ2n) is 8.87. The SMILES string of the molecule is CC(C)(C)OC(=O)N(CCC(=O)O)CC1c2ccccc2CN1c1cn[nH]c(=O)c1C(F)(F)F. The Balaban J connectivity index is 2.05. The summed E-state index contributed by atoms with van der Waals surface area (Å²) in [5.41, 5.74) is -2.71. The van der Waals surface area contributed by atoms with Crippen molar-refractivity contribution in [3.05, 3.63) is 57.5 Å². The van der Waals surface area contributed by atoms with Crippen molar-refractivity contribution in [2.75, 3.05) is 18.0 Å². The average Bonchev–Trinajstić information content (AvgIpc) is 3.06. The highest BCUT2D eigenvalue weighted by Gasteiger charge is 2.42. The van der Waals surface area contributed by atoms with Gasteiger partial charge in [-0.1, -0.05) is 24.3 Å². The summed E-state index contributed by atoms with van der Waals surface area (Å²) in [6, 6.07) is 6.10. The summed E-state index contributed by atoms with van der Waals surface area (Å²) in [6.07, 6.45) is -5.19. The molecule has 2 aromatic rings. The van der Waals surface area contributed by atoms with Crippen molar-refractivity contribution < 1.29 is 32.6 Å². The van der Waals surface area contributed by atoms with Crippen LogP contribution in [-0.2, 0) is 22.3 Å². The number of carboxylic acids is 1. The number of halogens is 3. The number of hydrogen-bond donors (Lipinski definition) is 2. The molecular weight excluding hydrogens is 457 g/mol. The zero-order valence-electron chi connectivity index (χ0n) is 18.8. The molecule has 2 N–H and O–H groups in total. The summed E-state index contributed by atoms with van der Waals surface area (Å²) in [4.78, 5) is 38.6. The molecule has 0 fully saturated rings. The van der Waals surface area contributed by atoms with Gasteiger partial charge >= 0.3 is 18.2 Å². The second-order valence-corrected chi connectivity index (χ2v) is 8.87. The van der Waals surface area contributed by atoms with Gasteiger partial charge in [0.25, 0.3) is 5.56 Å². The van der Waals surface area contributed by atoms with Gasteiger partial charge in [0.2, 0.25) is 0 Å². The van der Waals surface area contributed by atoms with E-state index in [9.17, 15) is 27.6 Å². The van der Waals surface area contributed by atoms with E-state index in [1.807, 2.05) is 5.10 Å². The van der Waals surface area contributed by atoms with E-state index < -0.39 is 46.7 Å². The predicted octanol–water partition coefficient (Wildman–Crippen LogP) is 3.56. The summed E-state index contributed by atoms with van der Waals surface area (Å²) >= 11 is 0. The average molecular weight is 482 g/mol. The van der Waals surface area contributed by atoms with Gasteiger partial charge in [-0.25, -0.2) is 9.89 Å². The van der Waals surface area contributed by atoms with Crippen molar-refractivity contribution in [3.8, 4) is 0 Å².